The number of sulfonamides is 1. The molecule has 1 amide bonds. The number of piperazine rings is 1. The lowest BCUT2D eigenvalue weighted by molar-refractivity contribution is 0.0526. The molecular weight excluding hydrogens is 436 g/mol. The predicted octanol–water partition coefficient (Wildman–Crippen LogP) is 2.95. The van der Waals surface area contributed by atoms with Crippen molar-refractivity contribution in [2.24, 2.45) is 0 Å². The number of amides is 1. The average molecular weight is 463 g/mol. The Kier molecular flexibility index (Phi) is 6.45. The first-order valence-corrected chi connectivity index (χ1v) is 12.9. The Morgan fingerprint density at radius 2 is 1.71 bits per heavy atom. The van der Waals surface area contributed by atoms with Gasteiger partial charge in [-0.15, -0.1) is 11.3 Å². The molecule has 9 heteroatoms. The van der Waals surface area contributed by atoms with Crippen LogP contribution in [-0.2, 0) is 27.6 Å². The third-order valence-corrected chi connectivity index (χ3v) is 8.82. The number of aryl methyl sites for hydroxylation is 1. The van der Waals surface area contributed by atoms with Gasteiger partial charge in [-0.1, -0.05) is 0 Å². The zero-order valence-electron chi connectivity index (χ0n) is 17.5. The highest BCUT2D eigenvalue weighted by Gasteiger charge is 2.32. The van der Waals surface area contributed by atoms with E-state index < -0.39 is 16.0 Å². The number of ether oxygens (including phenoxy) is 1. The molecule has 1 aliphatic heterocycles. The van der Waals surface area contributed by atoms with Crippen molar-refractivity contribution < 1.29 is 22.7 Å². The van der Waals surface area contributed by atoms with Crippen molar-refractivity contribution in [2.45, 2.75) is 37.5 Å². The molecule has 1 aromatic carbocycles. The molecule has 0 bridgehead atoms. The number of hydrogen-bond acceptors (Lipinski definition) is 6. The summed E-state index contributed by atoms with van der Waals surface area (Å²) >= 11 is 1.67. The summed E-state index contributed by atoms with van der Waals surface area (Å²) in [5, 5.41) is 1.96. The van der Waals surface area contributed by atoms with Crippen LogP contribution in [0, 0.1) is 0 Å². The fourth-order valence-corrected chi connectivity index (χ4v) is 6.64. The van der Waals surface area contributed by atoms with Gasteiger partial charge in [-0.25, -0.2) is 13.2 Å². The standard InChI is InChI=1S/C22H26N2O5S2/c1-2-29-22(26)16-7-9-17(10-8-16)31(27,28)24-13-11-23(12-14-24)21(25)19-15-30-20-6-4-3-5-18(19)20/h7-10,15H,2-6,11-14H2,1H3. The molecule has 0 radical (unpaired) electrons. The van der Waals surface area contributed by atoms with Crippen molar-refractivity contribution in [1.29, 1.82) is 0 Å². The van der Waals surface area contributed by atoms with E-state index in [2.05, 4.69) is 0 Å². The summed E-state index contributed by atoms with van der Waals surface area (Å²) in [4.78, 5) is 28.0. The van der Waals surface area contributed by atoms with E-state index in [9.17, 15) is 18.0 Å². The molecule has 166 valence electrons. The number of esters is 1. The average Bonchev–Trinajstić information content (AvgIpc) is 3.23. The summed E-state index contributed by atoms with van der Waals surface area (Å²) in [5.74, 6) is -0.468. The van der Waals surface area contributed by atoms with E-state index in [1.54, 1.807) is 23.2 Å². The van der Waals surface area contributed by atoms with E-state index >= 15 is 0 Å². The van der Waals surface area contributed by atoms with Crippen LogP contribution in [0.3, 0.4) is 0 Å². The third-order valence-electron chi connectivity index (χ3n) is 5.82. The minimum Gasteiger partial charge on any atom is -0.462 e. The fourth-order valence-electron chi connectivity index (χ4n) is 4.10. The molecule has 1 fully saturated rings. The number of fused-ring (bicyclic) bond motifs is 1. The minimum atomic E-state index is -3.69. The molecular formula is C22H26N2O5S2. The second kappa shape index (κ2) is 9.10. The maximum absolute atomic E-state index is 13.0. The van der Waals surface area contributed by atoms with Crippen LogP contribution in [-0.4, -0.2) is 62.3 Å². The summed E-state index contributed by atoms with van der Waals surface area (Å²) in [6.45, 7) is 3.21. The lowest BCUT2D eigenvalue weighted by Crippen LogP contribution is -2.50. The molecule has 7 nitrogen and oxygen atoms in total. The van der Waals surface area contributed by atoms with Gasteiger partial charge in [0.15, 0.2) is 0 Å². The second-order valence-corrected chi connectivity index (χ2v) is 10.6. The third kappa shape index (κ3) is 4.40. The quantitative estimate of drug-likeness (QED) is 0.638. The van der Waals surface area contributed by atoms with Gasteiger partial charge >= 0.3 is 5.97 Å². The molecule has 31 heavy (non-hydrogen) atoms. The topological polar surface area (TPSA) is 84.0 Å². The van der Waals surface area contributed by atoms with E-state index in [0.29, 0.717) is 18.7 Å². The van der Waals surface area contributed by atoms with Gasteiger partial charge in [0.25, 0.3) is 5.91 Å². The smallest absolute Gasteiger partial charge is 0.338 e. The zero-order valence-corrected chi connectivity index (χ0v) is 19.1. The highest BCUT2D eigenvalue weighted by Crippen LogP contribution is 2.31. The molecule has 1 saturated heterocycles. The van der Waals surface area contributed by atoms with Gasteiger partial charge in [-0.3, -0.25) is 4.79 Å². The largest absolute Gasteiger partial charge is 0.462 e. The van der Waals surface area contributed by atoms with Gasteiger partial charge < -0.3 is 9.64 Å². The van der Waals surface area contributed by atoms with Gasteiger partial charge in [0, 0.05) is 36.4 Å². The first-order valence-electron chi connectivity index (χ1n) is 10.6. The van der Waals surface area contributed by atoms with Crippen molar-refractivity contribution in [3.05, 3.63) is 51.2 Å². The number of hydrogen-bond donors (Lipinski definition) is 0. The summed E-state index contributed by atoms with van der Waals surface area (Å²) in [6.07, 6.45) is 4.30. The molecule has 0 saturated carbocycles. The van der Waals surface area contributed by atoms with Crippen LogP contribution in [0.25, 0.3) is 0 Å². The number of nitrogens with zero attached hydrogens (tertiary/aromatic N) is 2. The maximum atomic E-state index is 13.0. The van der Waals surface area contributed by atoms with Gasteiger partial charge in [-0.2, -0.15) is 4.31 Å². The minimum absolute atomic E-state index is 0.00948. The van der Waals surface area contributed by atoms with Crippen LogP contribution < -0.4 is 0 Å². The number of carbonyl (C=O) groups excluding carboxylic acids is 2. The molecule has 2 aromatic rings. The Morgan fingerprint density at radius 3 is 2.39 bits per heavy atom. The number of rotatable bonds is 5. The van der Waals surface area contributed by atoms with Gasteiger partial charge in [0.1, 0.15) is 0 Å². The summed E-state index contributed by atoms with van der Waals surface area (Å²) < 4.78 is 32.3. The molecule has 1 aliphatic carbocycles. The lowest BCUT2D eigenvalue weighted by atomic mass is 9.95. The van der Waals surface area contributed by atoms with E-state index in [4.69, 9.17) is 4.74 Å². The SMILES string of the molecule is CCOC(=O)c1ccc(S(=O)(=O)N2CCN(C(=O)c3csc4c3CCCC4)CC2)cc1. The van der Waals surface area contributed by atoms with Crippen molar-refractivity contribution in [3.63, 3.8) is 0 Å². The molecule has 1 aromatic heterocycles. The van der Waals surface area contributed by atoms with Crippen LogP contribution in [0.15, 0.2) is 34.5 Å². The summed E-state index contributed by atoms with van der Waals surface area (Å²) in [7, 11) is -3.69. The Labute approximate surface area is 186 Å². The molecule has 4 rings (SSSR count). The van der Waals surface area contributed by atoms with Gasteiger partial charge in [0.2, 0.25) is 10.0 Å². The summed E-state index contributed by atoms with van der Waals surface area (Å²) in [5.41, 5.74) is 2.30. The molecule has 2 heterocycles. The summed E-state index contributed by atoms with van der Waals surface area (Å²) in [6, 6.07) is 5.78. The van der Waals surface area contributed by atoms with E-state index in [0.717, 1.165) is 24.8 Å². The molecule has 0 spiro atoms. The van der Waals surface area contributed by atoms with E-state index in [1.807, 2.05) is 5.38 Å². The van der Waals surface area contributed by atoms with Crippen LogP contribution in [0.1, 0.15) is 50.9 Å². The first kappa shape index (κ1) is 22.0. The van der Waals surface area contributed by atoms with Crippen LogP contribution in [0.5, 0.6) is 0 Å². The Bertz CT molecular complexity index is 1070. The Balaban J connectivity index is 1.41. The molecule has 0 N–H and O–H groups in total. The second-order valence-electron chi connectivity index (χ2n) is 7.70. The molecule has 2 aliphatic rings. The van der Waals surface area contributed by atoms with Crippen molar-refractivity contribution >= 4 is 33.2 Å². The maximum Gasteiger partial charge on any atom is 0.338 e. The highest BCUT2D eigenvalue weighted by molar-refractivity contribution is 7.89. The number of carbonyl (C=O) groups is 2. The molecule has 0 unspecified atom stereocenters. The van der Waals surface area contributed by atoms with Crippen LogP contribution in [0.4, 0.5) is 0 Å². The number of thiophene rings is 1. The van der Waals surface area contributed by atoms with E-state index in [-0.39, 0.29) is 30.5 Å². The normalized spacial score (nSPS) is 17.3. The fraction of sp³-hybridized carbons (Fsp3) is 0.455. The van der Waals surface area contributed by atoms with E-state index in [1.165, 1.54) is 45.4 Å². The lowest BCUT2D eigenvalue weighted by Gasteiger charge is -2.34. The Morgan fingerprint density at radius 1 is 1.03 bits per heavy atom. The zero-order chi connectivity index (χ0) is 22.0. The van der Waals surface area contributed by atoms with Crippen LogP contribution in [0.2, 0.25) is 0 Å². The van der Waals surface area contributed by atoms with Gasteiger partial charge in [-0.05, 0) is 62.4 Å². The monoisotopic (exact) mass is 462 g/mol. The van der Waals surface area contributed by atoms with Gasteiger partial charge in [0.05, 0.1) is 22.6 Å². The Hall–Kier alpha value is -2.23. The van der Waals surface area contributed by atoms with Crippen molar-refractivity contribution in [3.8, 4) is 0 Å². The van der Waals surface area contributed by atoms with Crippen molar-refractivity contribution in [1.82, 2.24) is 9.21 Å². The highest BCUT2D eigenvalue weighted by atomic mass is 32.2. The first-order chi connectivity index (χ1) is 14.9. The number of benzene rings is 1. The molecule has 0 atom stereocenters. The van der Waals surface area contributed by atoms with Crippen LogP contribution >= 0.6 is 11.3 Å². The predicted molar refractivity (Wildman–Crippen MR) is 118 cm³/mol. The van der Waals surface area contributed by atoms with Crippen molar-refractivity contribution in [2.75, 3.05) is 32.8 Å².